The average Bonchev–Trinajstić information content (AvgIpc) is 3.03. The summed E-state index contributed by atoms with van der Waals surface area (Å²) < 4.78 is 0. The first-order chi connectivity index (χ1) is 22.9. The molecule has 0 fully saturated rings. The minimum Gasteiger partial charge on any atom is -0.510 e. The highest BCUT2D eigenvalue weighted by atomic mass is 16.3. The van der Waals surface area contributed by atoms with Gasteiger partial charge in [-0.1, -0.05) is 56.3 Å². The molecule has 6 rings (SSSR count). The number of benzene rings is 3. The van der Waals surface area contributed by atoms with Gasteiger partial charge in [0.2, 0.25) is 5.78 Å². The van der Waals surface area contributed by atoms with Crippen LogP contribution >= 0.6 is 0 Å². The molecule has 4 atom stereocenters. The molecule has 0 aromatic heterocycles. The zero-order chi connectivity index (χ0) is 34.7. The monoisotopic (exact) mass is 653 g/mol. The minimum atomic E-state index is -2.67. The fourth-order valence-electron chi connectivity index (χ4n) is 8.38. The maximum Gasteiger partial charge on any atom is 0.255 e. The third kappa shape index (κ3) is 5.01. The van der Waals surface area contributed by atoms with Crippen molar-refractivity contribution in [3.05, 3.63) is 87.9 Å². The summed E-state index contributed by atoms with van der Waals surface area (Å²) in [5.74, 6) is -6.68. The highest BCUT2D eigenvalue weighted by Gasteiger charge is 2.63. The normalized spacial score (nSPS) is 23.9. The standard InChI is InChI=1S/C38H43N3O7/c1-5-15-41(16-6-2)19-20-11-12-24(23-10-8-7-9-22(20)23)25-13-14-28(42)30-26(25)17-21-18-27-32(40(3)4)34(44)31(37(39)47)36(46)38(27,48)35(45)29(21)33(30)43/h7-14,21,27,32,42,44-45,48H,5-6,15-19H2,1-4H3,(H2,39,47)/t21-,27-,32-,38-/m0/s1. The molecule has 0 aliphatic heterocycles. The summed E-state index contributed by atoms with van der Waals surface area (Å²) >= 11 is 0. The number of ketones is 2. The molecule has 252 valence electrons. The van der Waals surface area contributed by atoms with Crippen molar-refractivity contribution in [2.45, 2.75) is 57.7 Å². The van der Waals surface area contributed by atoms with Crippen molar-refractivity contribution in [1.82, 2.24) is 9.80 Å². The number of hydrogen-bond acceptors (Lipinski definition) is 9. The Labute approximate surface area is 279 Å². The van der Waals surface area contributed by atoms with Crippen LogP contribution in [0.4, 0.5) is 0 Å². The quantitative estimate of drug-likeness (QED) is 0.208. The molecule has 1 amide bonds. The number of likely N-dealkylation sites (N-methyl/N-ethyl adjacent to an activating group) is 1. The van der Waals surface area contributed by atoms with Gasteiger partial charge in [-0.2, -0.15) is 0 Å². The first-order valence-corrected chi connectivity index (χ1v) is 16.6. The molecule has 0 bridgehead atoms. The summed E-state index contributed by atoms with van der Waals surface area (Å²) in [6, 6.07) is 14.5. The van der Waals surface area contributed by atoms with Crippen LogP contribution in [-0.2, 0) is 22.6 Å². The lowest BCUT2D eigenvalue weighted by Gasteiger charge is -2.50. The van der Waals surface area contributed by atoms with Gasteiger partial charge in [0.15, 0.2) is 11.4 Å². The number of aliphatic hydroxyl groups excluding tert-OH is 2. The van der Waals surface area contributed by atoms with Gasteiger partial charge in [0.05, 0.1) is 11.6 Å². The SMILES string of the molecule is CCCN(CCC)Cc1ccc(-c2ccc(O)c3c2C[C@H]2C[C@H]4[C@H](N(C)C)C(O)=C(C(N)=O)C(=O)[C@@]4(O)C(O)=C2C3=O)c2ccccc12. The predicted octanol–water partition coefficient (Wildman–Crippen LogP) is 4.56. The number of nitrogens with zero attached hydrogens (tertiary/aromatic N) is 2. The van der Waals surface area contributed by atoms with E-state index in [0.29, 0.717) is 5.56 Å². The molecule has 3 aromatic rings. The van der Waals surface area contributed by atoms with Crippen LogP contribution in [0.15, 0.2) is 71.2 Å². The molecule has 10 heteroatoms. The maximum atomic E-state index is 14.3. The number of carbonyl (C=O) groups is 3. The zero-order valence-corrected chi connectivity index (χ0v) is 27.8. The Bertz CT molecular complexity index is 1910. The second kappa shape index (κ2) is 12.5. The van der Waals surface area contributed by atoms with Crippen LogP contribution in [0.3, 0.4) is 0 Å². The Morgan fingerprint density at radius 1 is 0.938 bits per heavy atom. The Morgan fingerprint density at radius 2 is 1.58 bits per heavy atom. The van der Waals surface area contributed by atoms with Gasteiger partial charge in [-0.25, -0.2) is 0 Å². The Kier molecular flexibility index (Phi) is 8.70. The van der Waals surface area contributed by atoms with Gasteiger partial charge >= 0.3 is 0 Å². The van der Waals surface area contributed by atoms with Gasteiger partial charge in [-0.3, -0.25) is 24.2 Å². The summed E-state index contributed by atoms with van der Waals surface area (Å²) in [7, 11) is 3.23. The van der Waals surface area contributed by atoms with Gasteiger partial charge in [0.25, 0.3) is 5.91 Å². The second-order valence-electron chi connectivity index (χ2n) is 13.5. The number of aromatic hydroxyl groups is 1. The summed E-state index contributed by atoms with van der Waals surface area (Å²) in [6.07, 6.45) is 2.36. The number of phenols is 1. The van der Waals surface area contributed by atoms with E-state index in [1.807, 2.05) is 12.1 Å². The molecule has 10 nitrogen and oxygen atoms in total. The van der Waals surface area contributed by atoms with Crippen LogP contribution in [0, 0.1) is 11.8 Å². The van der Waals surface area contributed by atoms with Crippen molar-refractivity contribution in [2.75, 3.05) is 27.2 Å². The van der Waals surface area contributed by atoms with E-state index in [0.717, 1.165) is 54.4 Å². The summed E-state index contributed by atoms with van der Waals surface area (Å²) in [6.45, 7) is 7.15. The van der Waals surface area contributed by atoms with E-state index in [9.17, 15) is 34.8 Å². The van der Waals surface area contributed by atoms with E-state index >= 15 is 0 Å². The van der Waals surface area contributed by atoms with Gasteiger partial charge in [0, 0.05) is 18.0 Å². The van der Waals surface area contributed by atoms with Crippen LogP contribution in [0.5, 0.6) is 5.75 Å². The van der Waals surface area contributed by atoms with Crippen LogP contribution in [0.1, 0.15) is 54.6 Å². The van der Waals surface area contributed by atoms with Crippen molar-refractivity contribution in [3.8, 4) is 16.9 Å². The number of phenolic OH excluding ortho intramolecular Hbond substituents is 1. The van der Waals surface area contributed by atoms with Gasteiger partial charge in [-0.05, 0) is 97.9 Å². The molecule has 0 spiro atoms. The van der Waals surface area contributed by atoms with Crippen molar-refractivity contribution in [1.29, 1.82) is 0 Å². The largest absolute Gasteiger partial charge is 0.510 e. The minimum absolute atomic E-state index is 0.00138. The summed E-state index contributed by atoms with van der Waals surface area (Å²) in [5, 5.41) is 47.8. The lowest BCUT2D eigenvalue weighted by molar-refractivity contribution is -0.148. The van der Waals surface area contributed by atoms with Crippen LogP contribution in [-0.4, -0.2) is 86.5 Å². The van der Waals surface area contributed by atoms with E-state index in [-0.39, 0.29) is 29.7 Å². The number of carbonyl (C=O) groups excluding carboxylic acids is 3. The number of nitrogens with two attached hydrogens (primary N) is 1. The van der Waals surface area contributed by atoms with Gasteiger partial charge in [0.1, 0.15) is 22.8 Å². The highest BCUT2D eigenvalue weighted by Crippen LogP contribution is 2.53. The van der Waals surface area contributed by atoms with Crippen molar-refractivity contribution in [3.63, 3.8) is 0 Å². The number of primary amides is 1. The number of amides is 1. The highest BCUT2D eigenvalue weighted by molar-refractivity contribution is 6.25. The number of Topliss-reactive ketones (excluding diaryl/α,β-unsaturated/α-hetero) is 2. The third-order valence-electron chi connectivity index (χ3n) is 10.4. The molecule has 3 aliphatic carbocycles. The third-order valence-corrected chi connectivity index (χ3v) is 10.4. The van der Waals surface area contributed by atoms with Crippen molar-refractivity contribution < 1.29 is 34.8 Å². The van der Waals surface area contributed by atoms with E-state index in [1.54, 1.807) is 25.1 Å². The van der Waals surface area contributed by atoms with Gasteiger partial charge in [-0.15, -0.1) is 0 Å². The molecule has 0 heterocycles. The fraction of sp³-hybridized carbons (Fsp3) is 0.395. The number of rotatable bonds is 9. The molecule has 6 N–H and O–H groups in total. The molecule has 0 saturated heterocycles. The first-order valence-electron chi connectivity index (χ1n) is 16.6. The van der Waals surface area contributed by atoms with E-state index in [2.05, 4.69) is 43.0 Å². The molecule has 0 saturated carbocycles. The second-order valence-corrected chi connectivity index (χ2v) is 13.5. The Hall–Kier alpha value is -4.51. The summed E-state index contributed by atoms with van der Waals surface area (Å²) in [4.78, 5) is 44.1. The summed E-state index contributed by atoms with van der Waals surface area (Å²) in [5.41, 5.74) is 5.23. The average molecular weight is 654 g/mol. The first kappa shape index (κ1) is 33.4. The fourth-order valence-corrected chi connectivity index (χ4v) is 8.38. The van der Waals surface area contributed by atoms with E-state index < -0.39 is 58.0 Å². The zero-order valence-electron chi connectivity index (χ0n) is 27.8. The number of fused-ring (bicyclic) bond motifs is 4. The van der Waals surface area contributed by atoms with Crippen molar-refractivity contribution in [2.24, 2.45) is 17.6 Å². The van der Waals surface area contributed by atoms with Crippen molar-refractivity contribution >= 4 is 28.2 Å². The molecule has 0 radical (unpaired) electrons. The molecule has 3 aromatic carbocycles. The lowest BCUT2D eigenvalue weighted by Crippen LogP contribution is -2.63. The van der Waals surface area contributed by atoms with Gasteiger partial charge < -0.3 is 26.2 Å². The molecule has 48 heavy (non-hydrogen) atoms. The van der Waals surface area contributed by atoms with Crippen LogP contribution < -0.4 is 5.73 Å². The maximum absolute atomic E-state index is 14.3. The van der Waals surface area contributed by atoms with Crippen LogP contribution in [0.25, 0.3) is 21.9 Å². The van der Waals surface area contributed by atoms with Crippen LogP contribution in [0.2, 0.25) is 0 Å². The predicted molar refractivity (Wildman–Crippen MR) is 182 cm³/mol. The number of hydrogen-bond donors (Lipinski definition) is 5. The van der Waals surface area contributed by atoms with E-state index in [4.69, 9.17) is 5.73 Å². The molecular weight excluding hydrogens is 610 g/mol. The Balaban J connectivity index is 1.50. The Morgan fingerprint density at radius 3 is 2.21 bits per heavy atom. The molecular formula is C38H43N3O7. The topological polar surface area (TPSA) is 165 Å². The lowest BCUT2D eigenvalue weighted by atomic mass is 9.58. The number of allylic oxidation sites excluding steroid dienone is 1. The molecule has 3 aliphatic rings. The smallest absolute Gasteiger partial charge is 0.255 e. The van der Waals surface area contributed by atoms with E-state index in [1.165, 1.54) is 11.6 Å². The molecule has 0 unspecified atom stereocenters. The number of aliphatic hydroxyl groups is 3.